The number of ketones is 1. The van der Waals surface area contributed by atoms with Gasteiger partial charge in [0.1, 0.15) is 5.65 Å². The molecular weight excluding hydrogens is 394 g/mol. The molecule has 0 bridgehead atoms. The summed E-state index contributed by atoms with van der Waals surface area (Å²) in [5.41, 5.74) is 2.58. The number of esters is 1. The lowest BCUT2D eigenvalue weighted by Crippen LogP contribution is -2.22. The number of carbonyl (C=O) groups is 2. The SMILES string of the molecule is CCOC(=O)C1=C(N[C@@H]2C[C@H]2c2ccccc2)O/C(=C\c2c[nH]c3ncccc23)C1=O. The van der Waals surface area contributed by atoms with Crippen LogP contribution in [0.25, 0.3) is 17.1 Å². The minimum absolute atomic E-state index is 0.0761. The summed E-state index contributed by atoms with van der Waals surface area (Å²) < 4.78 is 11.0. The van der Waals surface area contributed by atoms with Gasteiger partial charge in [0.25, 0.3) is 0 Å². The maximum absolute atomic E-state index is 13.0. The van der Waals surface area contributed by atoms with E-state index in [4.69, 9.17) is 9.47 Å². The van der Waals surface area contributed by atoms with Crippen LogP contribution in [0.3, 0.4) is 0 Å². The Bertz CT molecular complexity index is 1230. The number of aromatic amines is 1. The van der Waals surface area contributed by atoms with Gasteiger partial charge in [0.15, 0.2) is 11.3 Å². The van der Waals surface area contributed by atoms with Gasteiger partial charge >= 0.3 is 5.97 Å². The Kier molecular flexibility index (Phi) is 4.78. The van der Waals surface area contributed by atoms with Crippen LogP contribution in [-0.4, -0.2) is 34.4 Å². The fourth-order valence-corrected chi connectivity index (χ4v) is 3.85. The second-order valence-electron chi connectivity index (χ2n) is 7.51. The number of pyridine rings is 1. The van der Waals surface area contributed by atoms with Crippen molar-refractivity contribution in [2.24, 2.45) is 0 Å². The van der Waals surface area contributed by atoms with Crippen LogP contribution in [0.5, 0.6) is 0 Å². The average Bonchev–Trinajstić information content (AvgIpc) is 3.33. The number of ether oxygens (including phenoxy) is 2. The van der Waals surface area contributed by atoms with Crippen LogP contribution in [0.4, 0.5) is 0 Å². The molecule has 1 aromatic carbocycles. The molecule has 156 valence electrons. The van der Waals surface area contributed by atoms with Crippen LogP contribution in [0.15, 0.2) is 72.1 Å². The van der Waals surface area contributed by atoms with Gasteiger partial charge in [-0.2, -0.15) is 0 Å². The van der Waals surface area contributed by atoms with Crippen molar-refractivity contribution in [2.75, 3.05) is 6.61 Å². The number of allylic oxidation sites excluding steroid dienone is 1. The molecule has 2 aliphatic rings. The summed E-state index contributed by atoms with van der Waals surface area (Å²) in [6, 6.07) is 13.9. The molecule has 5 rings (SSSR count). The number of hydrogen-bond donors (Lipinski definition) is 2. The molecule has 1 fully saturated rings. The van der Waals surface area contributed by atoms with Crippen molar-refractivity contribution in [3.63, 3.8) is 0 Å². The molecule has 2 aromatic heterocycles. The number of aromatic nitrogens is 2. The van der Waals surface area contributed by atoms with E-state index in [0.29, 0.717) is 11.6 Å². The van der Waals surface area contributed by atoms with Gasteiger partial charge < -0.3 is 19.8 Å². The van der Waals surface area contributed by atoms with Crippen LogP contribution in [0, 0.1) is 0 Å². The Balaban J connectivity index is 1.42. The van der Waals surface area contributed by atoms with Gasteiger partial charge in [0, 0.05) is 35.3 Å². The summed E-state index contributed by atoms with van der Waals surface area (Å²) >= 11 is 0. The summed E-state index contributed by atoms with van der Waals surface area (Å²) in [5, 5.41) is 4.10. The second-order valence-corrected chi connectivity index (χ2v) is 7.51. The lowest BCUT2D eigenvalue weighted by atomic mass is 10.1. The smallest absolute Gasteiger partial charge is 0.347 e. The topological polar surface area (TPSA) is 93.3 Å². The number of nitrogens with one attached hydrogen (secondary N) is 2. The van der Waals surface area contributed by atoms with Gasteiger partial charge in [0.05, 0.1) is 6.61 Å². The zero-order valence-corrected chi connectivity index (χ0v) is 16.9. The molecule has 0 amide bonds. The largest absolute Gasteiger partial charge is 0.462 e. The van der Waals surface area contributed by atoms with E-state index in [1.54, 1.807) is 25.4 Å². The van der Waals surface area contributed by atoms with Crippen molar-refractivity contribution in [1.82, 2.24) is 15.3 Å². The molecule has 0 radical (unpaired) electrons. The van der Waals surface area contributed by atoms with Crippen LogP contribution in [-0.2, 0) is 19.1 Å². The zero-order valence-electron chi connectivity index (χ0n) is 16.9. The molecule has 0 saturated heterocycles. The monoisotopic (exact) mass is 415 g/mol. The van der Waals surface area contributed by atoms with E-state index < -0.39 is 11.8 Å². The molecule has 3 aromatic rings. The third kappa shape index (κ3) is 3.59. The highest BCUT2D eigenvalue weighted by molar-refractivity contribution is 6.26. The maximum Gasteiger partial charge on any atom is 0.347 e. The molecule has 0 unspecified atom stereocenters. The average molecular weight is 415 g/mol. The van der Waals surface area contributed by atoms with Crippen molar-refractivity contribution in [2.45, 2.75) is 25.3 Å². The van der Waals surface area contributed by atoms with Crippen molar-refractivity contribution < 1.29 is 19.1 Å². The molecule has 2 N–H and O–H groups in total. The first kappa shape index (κ1) is 19.1. The Morgan fingerprint density at radius 2 is 2.13 bits per heavy atom. The molecule has 1 saturated carbocycles. The standard InChI is InChI=1S/C24H21N3O4/c1-2-30-24(29)20-21(28)19(11-15-13-26-22-16(15)9-6-10-25-22)31-23(20)27-18-12-17(18)14-7-4-3-5-8-14/h3-11,13,17-18,27H,2,12H2,1H3,(H,25,26)/b19-11-/t17-,18+/m0/s1. The predicted octanol–water partition coefficient (Wildman–Crippen LogP) is 3.42. The quantitative estimate of drug-likeness (QED) is 0.364. The molecule has 7 nitrogen and oxygen atoms in total. The van der Waals surface area contributed by atoms with E-state index >= 15 is 0 Å². The van der Waals surface area contributed by atoms with Gasteiger partial charge in [-0.15, -0.1) is 0 Å². The molecule has 2 atom stereocenters. The lowest BCUT2D eigenvalue weighted by molar-refractivity contribution is -0.139. The van der Waals surface area contributed by atoms with Crippen molar-refractivity contribution in [1.29, 1.82) is 0 Å². The Hall–Kier alpha value is -3.87. The van der Waals surface area contributed by atoms with E-state index in [9.17, 15) is 9.59 Å². The first-order valence-electron chi connectivity index (χ1n) is 10.2. The van der Waals surface area contributed by atoms with Crippen LogP contribution < -0.4 is 5.32 Å². The van der Waals surface area contributed by atoms with Crippen molar-refractivity contribution >= 4 is 28.9 Å². The van der Waals surface area contributed by atoms with Crippen LogP contribution in [0.1, 0.15) is 30.4 Å². The fraction of sp³-hybridized carbons (Fsp3) is 0.208. The number of hydrogen-bond acceptors (Lipinski definition) is 6. The van der Waals surface area contributed by atoms with Gasteiger partial charge in [-0.1, -0.05) is 30.3 Å². The lowest BCUT2D eigenvalue weighted by Gasteiger charge is -2.08. The first-order chi connectivity index (χ1) is 15.2. The molecule has 1 aliphatic heterocycles. The summed E-state index contributed by atoms with van der Waals surface area (Å²) in [5.74, 6) is -0.626. The highest BCUT2D eigenvalue weighted by Gasteiger charge is 2.43. The minimum Gasteiger partial charge on any atom is -0.462 e. The number of carbonyl (C=O) groups excluding carboxylic acids is 2. The summed E-state index contributed by atoms with van der Waals surface area (Å²) in [6.45, 7) is 1.87. The molecule has 0 spiro atoms. The predicted molar refractivity (Wildman–Crippen MR) is 115 cm³/mol. The van der Waals surface area contributed by atoms with E-state index in [0.717, 1.165) is 17.4 Å². The first-order valence-corrected chi connectivity index (χ1v) is 10.2. The third-order valence-corrected chi connectivity index (χ3v) is 5.47. The van der Waals surface area contributed by atoms with E-state index in [1.165, 1.54) is 5.56 Å². The number of fused-ring (bicyclic) bond motifs is 1. The molecular formula is C24H21N3O4. The van der Waals surface area contributed by atoms with E-state index in [1.807, 2.05) is 30.3 Å². The summed E-state index contributed by atoms with van der Waals surface area (Å²) in [7, 11) is 0. The Morgan fingerprint density at radius 1 is 1.29 bits per heavy atom. The third-order valence-electron chi connectivity index (χ3n) is 5.47. The zero-order chi connectivity index (χ0) is 21.4. The number of benzene rings is 1. The second kappa shape index (κ2) is 7.75. The Morgan fingerprint density at radius 3 is 2.94 bits per heavy atom. The van der Waals surface area contributed by atoms with Gasteiger partial charge in [-0.05, 0) is 37.1 Å². The molecule has 3 heterocycles. The highest BCUT2D eigenvalue weighted by Crippen LogP contribution is 2.42. The molecule has 31 heavy (non-hydrogen) atoms. The highest BCUT2D eigenvalue weighted by atomic mass is 16.5. The van der Waals surface area contributed by atoms with Gasteiger partial charge in [-0.3, -0.25) is 4.79 Å². The summed E-state index contributed by atoms with van der Waals surface area (Å²) in [6.07, 6.45) is 5.96. The van der Waals surface area contributed by atoms with Gasteiger partial charge in [-0.25, -0.2) is 9.78 Å². The summed E-state index contributed by atoms with van der Waals surface area (Å²) in [4.78, 5) is 32.9. The Labute approximate surface area is 178 Å². The number of rotatable bonds is 6. The maximum atomic E-state index is 13.0. The molecule has 1 aliphatic carbocycles. The molecule has 7 heteroatoms. The number of nitrogens with zero attached hydrogens (tertiary/aromatic N) is 1. The number of H-pyrrole nitrogens is 1. The van der Waals surface area contributed by atoms with Gasteiger partial charge in [0.2, 0.25) is 11.7 Å². The van der Waals surface area contributed by atoms with Crippen molar-refractivity contribution in [3.05, 3.63) is 83.2 Å². The minimum atomic E-state index is -0.684. The normalized spacial score (nSPS) is 21.5. The fourth-order valence-electron chi connectivity index (χ4n) is 3.85. The number of Topliss-reactive ketones (excluding diaryl/α,β-unsaturated/α-hetero) is 1. The van der Waals surface area contributed by atoms with E-state index in [2.05, 4.69) is 27.4 Å². The van der Waals surface area contributed by atoms with Crippen LogP contribution >= 0.6 is 0 Å². The van der Waals surface area contributed by atoms with E-state index in [-0.39, 0.29) is 29.9 Å². The van der Waals surface area contributed by atoms with Crippen molar-refractivity contribution in [3.8, 4) is 0 Å². The van der Waals surface area contributed by atoms with Crippen LogP contribution in [0.2, 0.25) is 0 Å².